The minimum absolute atomic E-state index is 0.00731. The van der Waals surface area contributed by atoms with Crippen LogP contribution in [0.5, 0.6) is 0 Å². The van der Waals surface area contributed by atoms with Gasteiger partial charge in [0.2, 0.25) is 5.91 Å². The number of amides is 1. The number of carboxylic acids is 1. The lowest BCUT2D eigenvalue weighted by Gasteiger charge is -2.23. The minimum atomic E-state index is -0.828. The summed E-state index contributed by atoms with van der Waals surface area (Å²) in [5, 5.41) is 9.00. The van der Waals surface area contributed by atoms with E-state index in [0.29, 0.717) is 19.5 Å². The number of hydrogen-bond acceptors (Lipinski definition) is 3. The lowest BCUT2D eigenvalue weighted by Crippen LogP contribution is -2.38. The molecule has 6 heteroatoms. The van der Waals surface area contributed by atoms with Gasteiger partial charge in [-0.1, -0.05) is 15.9 Å². The number of carbonyl (C=O) groups excluding carboxylic acids is 1. The predicted molar refractivity (Wildman–Crippen MR) is 86.4 cm³/mol. The molecule has 2 unspecified atom stereocenters. The molecule has 0 bridgehead atoms. The molecule has 2 rings (SSSR count). The van der Waals surface area contributed by atoms with Crippen LogP contribution in [-0.4, -0.2) is 40.2 Å². The summed E-state index contributed by atoms with van der Waals surface area (Å²) in [4.78, 5) is 26.4. The van der Waals surface area contributed by atoms with Crippen LogP contribution in [0.25, 0.3) is 0 Å². The van der Waals surface area contributed by atoms with Crippen molar-refractivity contribution >= 4 is 39.6 Å². The number of likely N-dealkylation sites (tertiary alicyclic amines) is 1. The van der Waals surface area contributed by atoms with E-state index >= 15 is 0 Å². The highest BCUT2D eigenvalue weighted by atomic mass is 79.9. The fraction of sp³-hybridized carbons (Fsp3) is 0.467. The van der Waals surface area contributed by atoms with Gasteiger partial charge in [0.15, 0.2) is 0 Å². The van der Waals surface area contributed by atoms with Gasteiger partial charge in [-0.25, -0.2) is 0 Å². The van der Waals surface area contributed by atoms with Crippen molar-refractivity contribution in [3.63, 3.8) is 0 Å². The van der Waals surface area contributed by atoms with Crippen LogP contribution in [0.1, 0.15) is 20.3 Å². The second kappa shape index (κ2) is 6.40. The van der Waals surface area contributed by atoms with Gasteiger partial charge in [0.05, 0.1) is 10.7 Å². The van der Waals surface area contributed by atoms with Crippen LogP contribution in [0.2, 0.25) is 0 Å². The van der Waals surface area contributed by atoms with Crippen molar-refractivity contribution in [1.29, 1.82) is 0 Å². The predicted octanol–water partition coefficient (Wildman–Crippen LogP) is 3.25. The van der Waals surface area contributed by atoms with Crippen molar-refractivity contribution in [2.24, 2.45) is 5.41 Å². The topological polar surface area (TPSA) is 57.6 Å². The maximum atomic E-state index is 12.4. The molecule has 1 heterocycles. The Morgan fingerprint density at radius 2 is 2.00 bits per heavy atom. The molecule has 1 aliphatic rings. The minimum Gasteiger partial charge on any atom is -0.481 e. The Morgan fingerprint density at radius 3 is 2.52 bits per heavy atom. The van der Waals surface area contributed by atoms with Gasteiger partial charge in [-0.15, -0.1) is 11.8 Å². The fourth-order valence-corrected chi connectivity index (χ4v) is 3.56. The molecule has 0 spiro atoms. The average Bonchev–Trinajstić information content (AvgIpc) is 2.84. The van der Waals surface area contributed by atoms with E-state index in [-0.39, 0.29) is 11.2 Å². The third-order valence-corrected chi connectivity index (χ3v) is 5.40. The second-order valence-electron chi connectivity index (χ2n) is 5.59. The molecular formula is C15H18BrNO3S. The largest absolute Gasteiger partial charge is 0.481 e. The Morgan fingerprint density at radius 1 is 1.38 bits per heavy atom. The fourth-order valence-electron chi connectivity index (χ4n) is 2.35. The maximum absolute atomic E-state index is 12.4. The zero-order chi connectivity index (χ0) is 15.6. The highest BCUT2D eigenvalue weighted by Gasteiger charge is 2.42. The normalized spacial score (nSPS) is 23.1. The van der Waals surface area contributed by atoms with E-state index in [4.69, 9.17) is 0 Å². The molecule has 1 N–H and O–H groups in total. The van der Waals surface area contributed by atoms with Crippen LogP contribution in [-0.2, 0) is 9.59 Å². The molecule has 1 aromatic rings. The first-order valence-electron chi connectivity index (χ1n) is 6.76. The molecule has 1 saturated heterocycles. The van der Waals surface area contributed by atoms with Gasteiger partial charge in [-0.2, -0.15) is 0 Å². The van der Waals surface area contributed by atoms with Crippen molar-refractivity contribution in [3.05, 3.63) is 28.7 Å². The molecular weight excluding hydrogens is 354 g/mol. The summed E-state index contributed by atoms with van der Waals surface area (Å²) in [5.74, 6) is -0.820. The third-order valence-electron chi connectivity index (χ3n) is 3.78. The van der Waals surface area contributed by atoms with Crippen LogP contribution in [0.3, 0.4) is 0 Å². The Hall–Kier alpha value is -1.01. The van der Waals surface area contributed by atoms with E-state index in [1.807, 2.05) is 31.2 Å². The lowest BCUT2D eigenvalue weighted by molar-refractivity contribution is -0.147. The summed E-state index contributed by atoms with van der Waals surface area (Å²) in [7, 11) is 0. The van der Waals surface area contributed by atoms with Crippen molar-refractivity contribution in [2.75, 3.05) is 13.1 Å². The average molecular weight is 372 g/mol. The van der Waals surface area contributed by atoms with E-state index in [0.717, 1.165) is 9.37 Å². The van der Waals surface area contributed by atoms with E-state index in [2.05, 4.69) is 15.9 Å². The molecule has 4 nitrogen and oxygen atoms in total. The first kappa shape index (κ1) is 16.4. The number of benzene rings is 1. The zero-order valence-corrected chi connectivity index (χ0v) is 14.4. The summed E-state index contributed by atoms with van der Waals surface area (Å²) in [5.41, 5.74) is -0.808. The molecule has 2 atom stereocenters. The van der Waals surface area contributed by atoms with Gasteiger partial charge in [0, 0.05) is 22.5 Å². The van der Waals surface area contributed by atoms with Crippen LogP contribution in [0, 0.1) is 5.41 Å². The number of hydrogen-bond donors (Lipinski definition) is 1. The standard InChI is InChI=1S/C15H18BrNO3S/c1-10(21-12-5-3-11(16)4-6-12)13(18)17-8-7-15(2,9-17)14(19)20/h3-6,10H,7-9H2,1-2H3,(H,19,20). The highest BCUT2D eigenvalue weighted by Crippen LogP contribution is 2.33. The molecule has 0 aliphatic carbocycles. The Bertz CT molecular complexity index is 548. The Kier molecular flexibility index (Phi) is 4.99. The Balaban J connectivity index is 1.97. The van der Waals surface area contributed by atoms with Gasteiger partial charge in [0.1, 0.15) is 0 Å². The third kappa shape index (κ3) is 3.80. The van der Waals surface area contributed by atoms with E-state index < -0.39 is 11.4 Å². The van der Waals surface area contributed by atoms with Gasteiger partial charge >= 0.3 is 5.97 Å². The van der Waals surface area contributed by atoms with E-state index in [1.165, 1.54) is 11.8 Å². The zero-order valence-electron chi connectivity index (χ0n) is 12.0. The number of nitrogens with zero attached hydrogens (tertiary/aromatic N) is 1. The number of carboxylic acid groups (broad SMARTS) is 1. The van der Waals surface area contributed by atoms with E-state index in [1.54, 1.807) is 11.8 Å². The van der Waals surface area contributed by atoms with Gasteiger partial charge in [0.25, 0.3) is 0 Å². The second-order valence-corrected chi connectivity index (χ2v) is 7.92. The highest BCUT2D eigenvalue weighted by molar-refractivity contribution is 9.10. The monoisotopic (exact) mass is 371 g/mol. The lowest BCUT2D eigenvalue weighted by atomic mass is 9.90. The van der Waals surface area contributed by atoms with Crippen LogP contribution in [0.4, 0.5) is 0 Å². The molecule has 1 amide bonds. The van der Waals surface area contributed by atoms with Crippen molar-refractivity contribution in [3.8, 4) is 0 Å². The molecule has 1 fully saturated rings. The number of carbonyl (C=O) groups is 2. The number of thioether (sulfide) groups is 1. The maximum Gasteiger partial charge on any atom is 0.311 e. The van der Waals surface area contributed by atoms with Crippen molar-refractivity contribution in [1.82, 2.24) is 4.90 Å². The molecule has 0 radical (unpaired) electrons. The van der Waals surface area contributed by atoms with Crippen LogP contribution in [0.15, 0.2) is 33.6 Å². The molecule has 1 aliphatic heterocycles. The molecule has 114 valence electrons. The molecule has 0 aromatic heterocycles. The number of aliphatic carboxylic acids is 1. The van der Waals surface area contributed by atoms with Gasteiger partial charge < -0.3 is 10.0 Å². The first-order chi connectivity index (χ1) is 9.82. The summed E-state index contributed by atoms with van der Waals surface area (Å²) >= 11 is 4.88. The summed E-state index contributed by atoms with van der Waals surface area (Å²) in [6.45, 7) is 4.39. The SMILES string of the molecule is CC(Sc1ccc(Br)cc1)C(=O)N1CCC(C)(C(=O)O)C1. The molecule has 0 saturated carbocycles. The number of rotatable bonds is 4. The Labute approximate surface area is 137 Å². The summed E-state index contributed by atoms with van der Waals surface area (Å²) in [6.07, 6.45) is 0.518. The smallest absolute Gasteiger partial charge is 0.311 e. The molecule has 1 aromatic carbocycles. The van der Waals surface area contributed by atoms with Crippen molar-refractivity contribution in [2.45, 2.75) is 30.4 Å². The van der Waals surface area contributed by atoms with Crippen LogP contribution >= 0.6 is 27.7 Å². The number of halogens is 1. The van der Waals surface area contributed by atoms with E-state index in [9.17, 15) is 14.7 Å². The molecule has 21 heavy (non-hydrogen) atoms. The van der Waals surface area contributed by atoms with Crippen molar-refractivity contribution < 1.29 is 14.7 Å². The van der Waals surface area contributed by atoms with Gasteiger partial charge in [-0.3, -0.25) is 9.59 Å². The quantitative estimate of drug-likeness (QED) is 0.825. The summed E-state index contributed by atoms with van der Waals surface area (Å²) < 4.78 is 1.00. The first-order valence-corrected chi connectivity index (χ1v) is 8.43. The van der Waals surface area contributed by atoms with Gasteiger partial charge in [-0.05, 0) is 44.5 Å². The summed E-state index contributed by atoms with van der Waals surface area (Å²) in [6, 6.07) is 7.81. The van der Waals surface area contributed by atoms with Crippen LogP contribution < -0.4 is 0 Å².